The fourth-order valence-electron chi connectivity index (χ4n) is 1.08. The first-order valence-electron chi connectivity index (χ1n) is 4.87. The Morgan fingerprint density at radius 2 is 2.12 bits per heavy atom. The number of amides is 1. The topological polar surface area (TPSA) is 73.3 Å². The van der Waals surface area contributed by atoms with Crippen LogP contribution in [0.2, 0.25) is 0 Å². The van der Waals surface area contributed by atoms with Gasteiger partial charge in [-0.25, -0.2) is 5.48 Å². The molecule has 6 heteroatoms. The van der Waals surface area contributed by atoms with Crippen LogP contribution >= 0.6 is 0 Å². The molecule has 0 bridgehead atoms. The van der Waals surface area contributed by atoms with Gasteiger partial charge in [-0.3, -0.25) is 9.63 Å². The number of carbonyl (C=O) groups excluding carboxylic acids is 1. The maximum Gasteiger partial charge on any atom is 0.276 e. The number of rotatable bonds is 5. The molecule has 88 valence electrons. The van der Waals surface area contributed by atoms with Crippen LogP contribution in [0, 0.1) is 13.8 Å². The highest BCUT2D eigenvalue weighted by atomic mass is 16.7. The molecule has 1 aromatic heterocycles. The predicted octanol–water partition coefficient (Wildman–Crippen LogP) is 0.401. The highest BCUT2D eigenvalue weighted by molar-refractivity contribution is 5.94. The van der Waals surface area contributed by atoms with E-state index >= 15 is 0 Å². The summed E-state index contributed by atoms with van der Waals surface area (Å²) in [4.78, 5) is 16.5. The molecule has 1 amide bonds. The molecule has 0 fully saturated rings. The molecule has 0 aliphatic rings. The van der Waals surface area contributed by atoms with Crippen molar-refractivity contribution in [1.29, 1.82) is 0 Å². The van der Waals surface area contributed by atoms with Crippen molar-refractivity contribution in [3.05, 3.63) is 23.0 Å². The maximum atomic E-state index is 11.6. The van der Waals surface area contributed by atoms with Crippen LogP contribution in [0.3, 0.4) is 0 Å². The van der Waals surface area contributed by atoms with E-state index in [9.17, 15) is 4.79 Å². The van der Waals surface area contributed by atoms with E-state index in [4.69, 9.17) is 9.57 Å². The lowest BCUT2D eigenvalue weighted by atomic mass is 10.2. The van der Waals surface area contributed by atoms with Crippen molar-refractivity contribution in [2.24, 2.45) is 0 Å². The Morgan fingerprint density at radius 3 is 2.81 bits per heavy atom. The number of hydrogen-bond donors (Lipinski definition) is 1. The van der Waals surface area contributed by atoms with Gasteiger partial charge in [-0.05, 0) is 19.9 Å². The molecular formula is C10H15N3O3. The van der Waals surface area contributed by atoms with Crippen molar-refractivity contribution in [2.45, 2.75) is 13.8 Å². The van der Waals surface area contributed by atoms with E-state index in [2.05, 4.69) is 15.7 Å². The molecule has 1 heterocycles. The fourth-order valence-corrected chi connectivity index (χ4v) is 1.08. The number of ether oxygens (including phenoxy) is 1. The second-order valence-electron chi connectivity index (χ2n) is 3.26. The largest absolute Gasteiger partial charge is 0.382 e. The summed E-state index contributed by atoms with van der Waals surface area (Å²) in [6.45, 7) is 4.22. The van der Waals surface area contributed by atoms with Crippen LogP contribution in [0.15, 0.2) is 6.07 Å². The van der Waals surface area contributed by atoms with E-state index < -0.39 is 0 Å². The van der Waals surface area contributed by atoms with E-state index in [1.165, 1.54) is 0 Å². The van der Waals surface area contributed by atoms with Crippen LogP contribution in [0.25, 0.3) is 0 Å². The van der Waals surface area contributed by atoms with Gasteiger partial charge in [0.25, 0.3) is 5.91 Å². The van der Waals surface area contributed by atoms with Crippen molar-refractivity contribution < 1.29 is 14.4 Å². The lowest BCUT2D eigenvalue weighted by Gasteiger charge is -2.07. The lowest BCUT2D eigenvalue weighted by Crippen LogP contribution is -2.26. The number of nitrogens with zero attached hydrogens (tertiary/aromatic N) is 2. The van der Waals surface area contributed by atoms with Gasteiger partial charge < -0.3 is 4.74 Å². The van der Waals surface area contributed by atoms with E-state index in [1.807, 2.05) is 0 Å². The minimum absolute atomic E-state index is 0.304. The molecule has 1 rings (SSSR count). The third kappa shape index (κ3) is 3.56. The van der Waals surface area contributed by atoms with Gasteiger partial charge in [0, 0.05) is 7.11 Å². The van der Waals surface area contributed by atoms with Crippen molar-refractivity contribution in [3.8, 4) is 0 Å². The van der Waals surface area contributed by atoms with E-state index in [0.29, 0.717) is 30.2 Å². The van der Waals surface area contributed by atoms with Gasteiger partial charge in [0.15, 0.2) is 0 Å². The summed E-state index contributed by atoms with van der Waals surface area (Å²) in [5.41, 5.74) is 4.03. The molecule has 0 aliphatic heterocycles. The second-order valence-corrected chi connectivity index (χ2v) is 3.26. The molecule has 0 unspecified atom stereocenters. The molecular weight excluding hydrogens is 210 g/mol. The molecule has 0 saturated carbocycles. The Morgan fingerprint density at radius 1 is 1.38 bits per heavy atom. The standard InChI is InChI=1S/C10H15N3O3/c1-7-6-9(8(2)12-11-7)10(14)13-16-5-4-15-3/h6H,4-5H2,1-3H3,(H,13,14). The Kier molecular flexibility index (Phi) is 4.81. The van der Waals surface area contributed by atoms with Crippen LogP contribution in [0.4, 0.5) is 0 Å². The van der Waals surface area contributed by atoms with Gasteiger partial charge in [-0.1, -0.05) is 0 Å². The summed E-state index contributed by atoms with van der Waals surface area (Å²) in [5, 5.41) is 7.69. The number of aromatic nitrogens is 2. The smallest absolute Gasteiger partial charge is 0.276 e. The van der Waals surface area contributed by atoms with Gasteiger partial charge in [0.1, 0.15) is 0 Å². The van der Waals surface area contributed by atoms with Gasteiger partial charge in [-0.15, -0.1) is 0 Å². The van der Waals surface area contributed by atoms with Crippen LogP contribution in [0.1, 0.15) is 21.7 Å². The summed E-state index contributed by atoms with van der Waals surface area (Å²) >= 11 is 0. The van der Waals surface area contributed by atoms with Crippen LogP contribution in [-0.4, -0.2) is 36.4 Å². The van der Waals surface area contributed by atoms with E-state index in [0.717, 1.165) is 0 Å². The third-order valence-electron chi connectivity index (χ3n) is 1.90. The number of aryl methyl sites for hydroxylation is 2. The first-order valence-corrected chi connectivity index (χ1v) is 4.87. The third-order valence-corrected chi connectivity index (χ3v) is 1.90. The first-order chi connectivity index (χ1) is 7.65. The Labute approximate surface area is 93.9 Å². The zero-order valence-corrected chi connectivity index (χ0v) is 9.61. The van der Waals surface area contributed by atoms with Crippen molar-refractivity contribution >= 4 is 5.91 Å². The number of hydroxylamine groups is 1. The number of methoxy groups -OCH3 is 1. The molecule has 0 aliphatic carbocycles. The van der Waals surface area contributed by atoms with Gasteiger partial charge >= 0.3 is 0 Å². The molecule has 1 N–H and O–H groups in total. The lowest BCUT2D eigenvalue weighted by molar-refractivity contribution is 0.00880. The summed E-state index contributed by atoms with van der Waals surface area (Å²) < 4.78 is 4.77. The number of hydrogen-bond acceptors (Lipinski definition) is 5. The molecule has 0 saturated heterocycles. The summed E-state index contributed by atoms with van der Waals surface area (Å²) in [6.07, 6.45) is 0. The first kappa shape index (κ1) is 12.5. The van der Waals surface area contributed by atoms with Crippen LogP contribution in [-0.2, 0) is 9.57 Å². The summed E-state index contributed by atoms with van der Waals surface area (Å²) in [6, 6.07) is 1.66. The molecule has 1 aromatic rings. The monoisotopic (exact) mass is 225 g/mol. The zero-order chi connectivity index (χ0) is 12.0. The molecule has 0 spiro atoms. The predicted molar refractivity (Wildman–Crippen MR) is 56.8 cm³/mol. The van der Waals surface area contributed by atoms with Crippen LogP contribution in [0.5, 0.6) is 0 Å². The highest BCUT2D eigenvalue weighted by Gasteiger charge is 2.10. The Bertz CT molecular complexity index is 368. The average Bonchev–Trinajstić information content (AvgIpc) is 2.27. The van der Waals surface area contributed by atoms with Crippen LogP contribution < -0.4 is 5.48 Å². The van der Waals surface area contributed by atoms with E-state index in [1.54, 1.807) is 27.0 Å². The van der Waals surface area contributed by atoms with Gasteiger partial charge in [-0.2, -0.15) is 10.2 Å². The number of carbonyl (C=O) groups is 1. The Hall–Kier alpha value is -1.53. The average molecular weight is 225 g/mol. The SMILES string of the molecule is COCCONC(=O)c1cc(C)nnc1C. The van der Waals surface area contributed by atoms with Gasteiger partial charge in [0.05, 0.1) is 30.2 Å². The van der Waals surface area contributed by atoms with E-state index in [-0.39, 0.29) is 5.91 Å². The summed E-state index contributed by atoms with van der Waals surface area (Å²) in [5.74, 6) is -0.327. The highest BCUT2D eigenvalue weighted by Crippen LogP contribution is 2.04. The Balaban J connectivity index is 2.55. The van der Waals surface area contributed by atoms with Crippen molar-refractivity contribution in [3.63, 3.8) is 0 Å². The maximum absolute atomic E-state index is 11.6. The molecule has 0 aromatic carbocycles. The molecule has 0 atom stereocenters. The zero-order valence-electron chi connectivity index (χ0n) is 9.61. The fraction of sp³-hybridized carbons (Fsp3) is 0.500. The number of nitrogens with one attached hydrogen (secondary N) is 1. The molecule has 0 radical (unpaired) electrons. The second kappa shape index (κ2) is 6.14. The van der Waals surface area contributed by atoms with Crippen molar-refractivity contribution in [1.82, 2.24) is 15.7 Å². The van der Waals surface area contributed by atoms with Gasteiger partial charge in [0.2, 0.25) is 0 Å². The normalized spacial score (nSPS) is 10.2. The quantitative estimate of drug-likeness (QED) is 0.580. The summed E-state index contributed by atoms with van der Waals surface area (Å²) in [7, 11) is 1.56. The molecule has 16 heavy (non-hydrogen) atoms. The minimum Gasteiger partial charge on any atom is -0.382 e. The van der Waals surface area contributed by atoms with Crippen molar-refractivity contribution in [2.75, 3.05) is 20.3 Å². The molecule has 6 nitrogen and oxygen atoms in total. The minimum atomic E-state index is -0.327.